The average Bonchev–Trinajstić information content (AvgIpc) is 3.20. The number of aliphatic hydroxyl groups is 1. The molecule has 110 valence electrons. The smallest absolute Gasteiger partial charge is 0.319 e. The van der Waals surface area contributed by atoms with Crippen LogP contribution < -0.4 is 10.6 Å². The summed E-state index contributed by atoms with van der Waals surface area (Å²) in [4.78, 5) is 11.6. The number of carbonyl (C=O) groups excluding carboxylic acids is 1. The second-order valence-electron chi connectivity index (χ2n) is 4.98. The number of aliphatic hydroxyl groups excluding tert-OH is 1. The standard InChI is InChI=1S/C14H19ClN2O3/c15-11-2-1-3-12(6-11)17-14(19)16-7-13(18)9-20-8-10-4-5-10/h1-3,6,10,13,18H,4-5,7-9H2,(H2,16,17,19). The highest BCUT2D eigenvalue weighted by atomic mass is 35.5. The van der Waals surface area contributed by atoms with Crippen LogP contribution in [0, 0.1) is 5.92 Å². The van der Waals surface area contributed by atoms with Gasteiger partial charge in [-0.3, -0.25) is 0 Å². The van der Waals surface area contributed by atoms with Crippen molar-refractivity contribution in [2.45, 2.75) is 18.9 Å². The lowest BCUT2D eigenvalue weighted by Gasteiger charge is -2.13. The summed E-state index contributed by atoms with van der Waals surface area (Å²) >= 11 is 5.82. The van der Waals surface area contributed by atoms with Crippen molar-refractivity contribution in [1.82, 2.24) is 5.32 Å². The number of hydrogen-bond donors (Lipinski definition) is 3. The maximum atomic E-state index is 11.6. The van der Waals surface area contributed by atoms with Crippen molar-refractivity contribution in [3.05, 3.63) is 29.3 Å². The number of amides is 2. The predicted octanol–water partition coefficient (Wildman–Crippen LogP) is 2.25. The fraction of sp³-hybridized carbons (Fsp3) is 0.500. The Morgan fingerprint density at radius 3 is 3.00 bits per heavy atom. The van der Waals surface area contributed by atoms with Gasteiger partial charge in [0, 0.05) is 23.9 Å². The van der Waals surface area contributed by atoms with E-state index in [1.165, 1.54) is 12.8 Å². The van der Waals surface area contributed by atoms with Gasteiger partial charge in [0.15, 0.2) is 0 Å². The molecule has 20 heavy (non-hydrogen) atoms. The lowest BCUT2D eigenvalue weighted by Crippen LogP contribution is -2.37. The minimum Gasteiger partial charge on any atom is -0.389 e. The van der Waals surface area contributed by atoms with E-state index >= 15 is 0 Å². The van der Waals surface area contributed by atoms with E-state index in [2.05, 4.69) is 10.6 Å². The van der Waals surface area contributed by atoms with E-state index in [4.69, 9.17) is 16.3 Å². The number of rotatable bonds is 7. The van der Waals surface area contributed by atoms with Crippen molar-refractivity contribution in [3.63, 3.8) is 0 Å². The zero-order valence-corrected chi connectivity index (χ0v) is 11.9. The Labute approximate surface area is 123 Å². The molecule has 1 aliphatic carbocycles. The van der Waals surface area contributed by atoms with Crippen LogP contribution in [0.2, 0.25) is 5.02 Å². The lowest BCUT2D eigenvalue weighted by molar-refractivity contribution is 0.0339. The van der Waals surface area contributed by atoms with Crippen LogP contribution in [0.1, 0.15) is 12.8 Å². The molecule has 0 aliphatic heterocycles. The zero-order valence-electron chi connectivity index (χ0n) is 11.1. The van der Waals surface area contributed by atoms with E-state index in [1.807, 2.05) is 0 Å². The third kappa shape index (κ3) is 5.77. The largest absolute Gasteiger partial charge is 0.389 e. The van der Waals surface area contributed by atoms with Gasteiger partial charge >= 0.3 is 6.03 Å². The quantitative estimate of drug-likeness (QED) is 0.723. The van der Waals surface area contributed by atoms with Crippen LogP contribution in [0.4, 0.5) is 10.5 Å². The van der Waals surface area contributed by atoms with Gasteiger partial charge in [-0.2, -0.15) is 0 Å². The van der Waals surface area contributed by atoms with Gasteiger partial charge < -0.3 is 20.5 Å². The lowest BCUT2D eigenvalue weighted by atomic mass is 10.3. The van der Waals surface area contributed by atoms with Crippen LogP contribution in [0.3, 0.4) is 0 Å². The Hall–Kier alpha value is -1.30. The summed E-state index contributed by atoms with van der Waals surface area (Å²) in [6.07, 6.45) is 1.74. The van der Waals surface area contributed by atoms with Gasteiger partial charge in [0.2, 0.25) is 0 Å². The van der Waals surface area contributed by atoms with Crippen molar-refractivity contribution < 1.29 is 14.6 Å². The Morgan fingerprint density at radius 2 is 2.30 bits per heavy atom. The summed E-state index contributed by atoms with van der Waals surface area (Å²) in [6.45, 7) is 1.09. The minimum absolute atomic E-state index is 0.150. The number of halogens is 1. The Morgan fingerprint density at radius 1 is 1.50 bits per heavy atom. The van der Waals surface area contributed by atoms with Gasteiger partial charge in [0.1, 0.15) is 0 Å². The molecule has 3 N–H and O–H groups in total. The van der Waals surface area contributed by atoms with E-state index < -0.39 is 6.10 Å². The number of carbonyl (C=O) groups is 1. The third-order valence-electron chi connectivity index (χ3n) is 2.94. The molecular weight excluding hydrogens is 280 g/mol. The van der Waals surface area contributed by atoms with Crippen LogP contribution in [-0.4, -0.2) is 37.0 Å². The first-order valence-electron chi connectivity index (χ1n) is 6.69. The third-order valence-corrected chi connectivity index (χ3v) is 3.18. The van der Waals surface area contributed by atoms with E-state index in [-0.39, 0.29) is 19.2 Å². The van der Waals surface area contributed by atoms with Crippen molar-refractivity contribution >= 4 is 23.3 Å². The SMILES string of the molecule is O=C(NCC(O)COCC1CC1)Nc1cccc(Cl)c1. The number of urea groups is 1. The molecule has 1 atom stereocenters. The summed E-state index contributed by atoms with van der Waals surface area (Å²) in [7, 11) is 0. The predicted molar refractivity (Wildman–Crippen MR) is 78.0 cm³/mol. The van der Waals surface area contributed by atoms with Gasteiger partial charge in [-0.05, 0) is 37.0 Å². The molecule has 1 saturated carbocycles. The highest BCUT2D eigenvalue weighted by Gasteiger charge is 2.21. The molecule has 1 aromatic carbocycles. The van der Waals surface area contributed by atoms with E-state index in [0.29, 0.717) is 23.2 Å². The molecule has 0 bridgehead atoms. The maximum Gasteiger partial charge on any atom is 0.319 e. The van der Waals surface area contributed by atoms with Crippen molar-refractivity contribution in [2.75, 3.05) is 25.1 Å². The molecule has 0 saturated heterocycles. The Balaban J connectivity index is 1.61. The number of anilines is 1. The molecule has 1 unspecified atom stereocenters. The Bertz CT molecular complexity index is 452. The Kier molecular flexibility index (Phi) is 5.64. The van der Waals surface area contributed by atoms with Crippen LogP contribution in [0.5, 0.6) is 0 Å². The molecule has 0 spiro atoms. The van der Waals surface area contributed by atoms with Crippen molar-refractivity contribution in [3.8, 4) is 0 Å². The number of benzene rings is 1. The van der Waals surface area contributed by atoms with Crippen molar-refractivity contribution in [1.29, 1.82) is 0 Å². The van der Waals surface area contributed by atoms with Crippen LogP contribution >= 0.6 is 11.6 Å². The number of hydrogen-bond acceptors (Lipinski definition) is 3. The summed E-state index contributed by atoms with van der Waals surface area (Å²) in [5.41, 5.74) is 0.606. The molecule has 0 radical (unpaired) electrons. The highest BCUT2D eigenvalue weighted by molar-refractivity contribution is 6.30. The maximum absolute atomic E-state index is 11.6. The molecular formula is C14H19ClN2O3. The van der Waals surface area contributed by atoms with Gasteiger partial charge in [-0.1, -0.05) is 17.7 Å². The van der Waals surface area contributed by atoms with Gasteiger partial charge in [0.05, 0.1) is 12.7 Å². The van der Waals surface area contributed by atoms with Crippen LogP contribution in [0.25, 0.3) is 0 Å². The van der Waals surface area contributed by atoms with E-state index in [9.17, 15) is 9.90 Å². The molecule has 1 aliphatic rings. The molecule has 2 rings (SSSR count). The number of ether oxygens (including phenoxy) is 1. The molecule has 2 amide bonds. The second kappa shape index (κ2) is 7.47. The summed E-state index contributed by atoms with van der Waals surface area (Å²) in [5, 5.41) is 15.4. The molecule has 0 aromatic heterocycles. The van der Waals surface area contributed by atoms with Crippen LogP contribution in [0.15, 0.2) is 24.3 Å². The van der Waals surface area contributed by atoms with Gasteiger partial charge in [-0.15, -0.1) is 0 Å². The first kappa shape index (κ1) is 15.1. The normalized spacial score (nSPS) is 15.7. The second-order valence-corrected chi connectivity index (χ2v) is 5.42. The average molecular weight is 299 g/mol. The fourth-order valence-corrected chi connectivity index (χ4v) is 1.86. The first-order chi connectivity index (χ1) is 9.63. The van der Waals surface area contributed by atoms with Crippen molar-refractivity contribution in [2.24, 2.45) is 5.92 Å². The molecule has 6 heteroatoms. The number of nitrogens with one attached hydrogen (secondary N) is 2. The topological polar surface area (TPSA) is 70.6 Å². The summed E-state index contributed by atoms with van der Waals surface area (Å²) in [6, 6.07) is 6.48. The molecule has 1 aromatic rings. The monoisotopic (exact) mass is 298 g/mol. The minimum atomic E-state index is -0.695. The fourth-order valence-electron chi connectivity index (χ4n) is 1.67. The van der Waals surface area contributed by atoms with Gasteiger partial charge in [0.25, 0.3) is 0 Å². The zero-order chi connectivity index (χ0) is 14.4. The highest BCUT2D eigenvalue weighted by Crippen LogP contribution is 2.28. The van der Waals surface area contributed by atoms with E-state index in [0.717, 1.165) is 0 Å². The van der Waals surface area contributed by atoms with Gasteiger partial charge in [-0.25, -0.2) is 4.79 Å². The van der Waals surface area contributed by atoms with Crippen LogP contribution in [-0.2, 0) is 4.74 Å². The first-order valence-corrected chi connectivity index (χ1v) is 7.07. The molecule has 1 fully saturated rings. The van der Waals surface area contributed by atoms with E-state index in [1.54, 1.807) is 24.3 Å². The molecule has 5 nitrogen and oxygen atoms in total. The summed E-state index contributed by atoms with van der Waals surface area (Å²) in [5.74, 6) is 0.668. The molecule has 0 heterocycles. The summed E-state index contributed by atoms with van der Waals surface area (Å²) < 4.78 is 5.35.